The Hall–Kier alpha value is -3.73. The van der Waals surface area contributed by atoms with Gasteiger partial charge in [-0.25, -0.2) is 0 Å². The molecule has 4 aromatic rings. The van der Waals surface area contributed by atoms with Gasteiger partial charge in [-0.15, -0.1) is 0 Å². The molecule has 0 spiro atoms. The second kappa shape index (κ2) is 11.2. The molecule has 0 radical (unpaired) electrons. The van der Waals surface area contributed by atoms with Gasteiger partial charge in [-0.2, -0.15) is 0 Å². The highest BCUT2D eigenvalue weighted by Crippen LogP contribution is 2.49. The van der Waals surface area contributed by atoms with E-state index in [4.69, 9.17) is 32.7 Å². The van der Waals surface area contributed by atoms with Gasteiger partial charge in [0.05, 0.1) is 23.9 Å². The van der Waals surface area contributed by atoms with Crippen molar-refractivity contribution in [2.24, 2.45) is 10.9 Å². The van der Waals surface area contributed by atoms with Crippen molar-refractivity contribution < 1.29 is 9.47 Å². The van der Waals surface area contributed by atoms with Crippen molar-refractivity contribution in [1.82, 2.24) is 0 Å². The van der Waals surface area contributed by atoms with Gasteiger partial charge in [0, 0.05) is 22.8 Å². The van der Waals surface area contributed by atoms with Gasteiger partial charge >= 0.3 is 0 Å². The van der Waals surface area contributed by atoms with Crippen LogP contribution in [0.1, 0.15) is 40.6 Å². The lowest BCUT2D eigenvalue weighted by molar-refractivity contribution is 0.284. The molecule has 1 N–H and O–H groups in total. The summed E-state index contributed by atoms with van der Waals surface area (Å²) in [7, 11) is 1.60. The molecule has 0 unspecified atom stereocenters. The van der Waals surface area contributed by atoms with Gasteiger partial charge in [0.1, 0.15) is 6.61 Å². The van der Waals surface area contributed by atoms with Gasteiger partial charge in [-0.3, -0.25) is 4.99 Å². The van der Waals surface area contributed by atoms with E-state index < -0.39 is 0 Å². The van der Waals surface area contributed by atoms with E-state index in [1.54, 1.807) is 13.3 Å². The Labute approximate surface area is 238 Å². The van der Waals surface area contributed by atoms with Crippen molar-refractivity contribution in [1.29, 1.82) is 0 Å². The van der Waals surface area contributed by atoms with Crippen LogP contribution >= 0.6 is 23.2 Å². The fourth-order valence-electron chi connectivity index (χ4n) is 5.53. The van der Waals surface area contributed by atoms with Crippen LogP contribution in [0.15, 0.2) is 102 Å². The Bertz CT molecular complexity index is 1550. The fourth-order valence-corrected chi connectivity index (χ4v) is 6.01. The summed E-state index contributed by atoms with van der Waals surface area (Å²) < 4.78 is 11.5. The zero-order valence-corrected chi connectivity index (χ0v) is 23.0. The molecular weight excluding hydrogens is 527 g/mol. The summed E-state index contributed by atoms with van der Waals surface area (Å²) in [4.78, 5) is 4.69. The van der Waals surface area contributed by atoms with Gasteiger partial charge in [-0.1, -0.05) is 77.8 Å². The highest BCUT2D eigenvalue weighted by atomic mass is 35.5. The predicted molar refractivity (Wildman–Crippen MR) is 160 cm³/mol. The predicted octanol–water partition coefficient (Wildman–Crippen LogP) is 9.16. The van der Waals surface area contributed by atoms with Crippen molar-refractivity contribution in [3.63, 3.8) is 0 Å². The van der Waals surface area contributed by atoms with E-state index in [-0.39, 0.29) is 6.04 Å². The normalized spacial score (nSPS) is 19.4. The number of nitrogens with zero attached hydrogens (tertiary/aromatic N) is 1. The van der Waals surface area contributed by atoms with Crippen LogP contribution in [0.5, 0.6) is 11.5 Å². The molecule has 1 aliphatic heterocycles. The number of benzene rings is 4. The molecule has 0 saturated heterocycles. The average molecular weight is 556 g/mol. The largest absolute Gasteiger partial charge is 0.493 e. The van der Waals surface area contributed by atoms with E-state index in [9.17, 15) is 0 Å². The van der Waals surface area contributed by atoms with Crippen LogP contribution in [-0.4, -0.2) is 13.3 Å². The summed E-state index contributed by atoms with van der Waals surface area (Å²) in [5.41, 5.74) is 6.52. The van der Waals surface area contributed by atoms with Crippen LogP contribution in [0.4, 0.5) is 11.4 Å². The van der Waals surface area contributed by atoms with Crippen molar-refractivity contribution in [3.05, 3.63) is 129 Å². The molecule has 0 fully saturated rings. The van der Waals surface area contributed by atoms with Gasteiger partial charge in [0.15, 0.2) is 11.5 Å². The Morgan fingerprint density at radius 1 is 0.974 bits per heavy atom. The van der Waals surface area contributed by atoms with Gasteiger partial charge in [0.25, 0.3) is 0 Å². The number of ether oxygens (including phenoxy) is 2. The van der Waals surface area contributed by atoms with Gasteiger partial charge in [0.2, 0.25) is 0 Å². The zero-order valence-electron chi connectivity index (χ0n) is 21.5. The molecule has 1 heterocycles. The molecule has 0 amide bonds. The first kappa shape index (κ1) is 25.5. The molecular formula is C33H28Cl2N2O2. The lowest BCUT2D eigenvalue weighted by Gasteiger charge is -2.37. The first-order valence-corrected chi connectivity index (χ1v) is 13.8. The first-order chi connectivity index (χ1) is 19.1. The summed E-state index contributed by atoms with van der Waals surface area (Å²) in [5.74, 6) is 2.01. The SMILES string of the molecule is COc1cc(C=Nc2ccc([C@@H]3Nc4ccccc4[C@H]4C=CC[C@@H]43)cc2)cc(Cl)c1OCc1cccc(Cl)c1. The zero-order chi connectivity index (χ0) is 26.8. The summed E-state index contributed by atoms with van der Waals surface area (Å²) >= 11 is 12.7. The van der Waals surface area contributed by atoms with Crippen LogP contribution in [0.25, 0.3) is 0 Å². The van der Waals surface area contributed by atoms with E-state index >= 15 is 0 Å². The topological polar surface area (TPSA) is 42.8 Å². The molecule has 39 heavy (non-hydrogen) atoms. The highest BCUT2D eigenvalue weighted by molar-refractivity contribution is 6.32. The molecule has 2 aliphatic rings. The van der Waals surface area contributed by atoms with Crippen LogP contribution < -0.4 is 14.8 Å². The second-order valence-corrected chi connectivity index (χ2v) is 10.7. The number of hydrogen-bond acceptors (Lipinski definition) is 4. The quantitative estimate of drug-likeness (QED) is 0.183. The molecule has 6 heteroatoms. The van der Waals surface area contributed by atoms with Crippen LogP contribution in [0.2, 0.25) is 10.0 Å². The van der Waals surface area contributed by atoms with Crippen molar-refractivity contribution in [3.8, 4) is 11.5 Å². The molecule has 0 saturated carbocycles. The molecule has 0 aromatic heterocycles. The highest BCUT2D eigenvalue weighted by Gasteiger charge is 2.37. The van der Waals surface area contributed by atoms with Crippen molar-refractivity contribution in [2.45, 2.75) is 25.0 Å². The molecule has 196 valence electrons. The second-order valence-electron chi connectivity index (χ2n) is 9.87. The maximum absolute atomic E-state index is 6.57. The minimum absolute atomic E-state index is 0.264. The molecule has 6 rings (SSSR count). The molecule has 4 aromatic carbocycles. The fraction of sp³-hybridized carbons (Fsp3) is 0.182. The number of halogens is 2. The Morgan fingerprint density at radius 3 is 2.64 bits per heavy atom. The Balaban J connectivity index is 1.17. The summed E-state index contributed by atoms with van der Waals surface area (Å²) in [5, 5.41) is 4.90. The third-order valence-corrected chi connectivity index (χ3v) is 7.93. The van der Waals surface area contributed by atoms with Crippen LogP contribution in [0, 0.1) is 5.92 Å². The molecule has 0 bridgehead atoms. The van der Waals surface area contributed by atoms with Gasteiger partial charge < -0.3 is 14.8 Å². The summed E-state index contributed by atoms with van der Waals surface area (Å²) in [6, 6.07) is 28.6. The molecule has 4 nitrogen and oxygen atoms in total. The van der Waals surface area contributed by atoms with Gasteiger partial charge in [-0.05, 0) is 77.1 Å². The van der Waals surface area contributed by atoms with E-state index in [0.29, 0.717) is 40.0 Å². The molecule has 3 atom stereocenters. The third-order valence-electron chi connectivity index (χ3n) is 7.41. The number of fused-ring (bicyclic) bond motifs is 3. The molecule has 1 aliphatic carbocycles. The van der Waals surface area contributed by atoms with E-state index in [1.165, 1.54) is 16.8 Å². The minimum atomic E-state index is 0.264. The lowest BCUT2D eigenvalue weighted by Crippen LogP contribution is -2.28. The smallest absolute Gasteiger partial charge is 0.180 e. The lowest BCUT2D eigenvalue weighted by atomic mass is 9.77. The summed E-state index contributed by atoms with van der Waals surface area (Å²) in [6.45, 7) is 0.329. The Morgan fingerprint density at radius 2 is 1.82 bits per heavy atom. The number of allylic oxidation sites excluding steroid dienone is 2. The maximum atomic E-state index is 6.57. The summed E-state index contributed by atoms with van der Waals surface area (Å²) in [6.07, 6.45) is 7.55. The van der Waals surface area contributed by atoms with E-state index in [2.05, 4.69) is 71.0 Å². The van der Waals surface area contributed by atoms with Crippen LogP contribution in [-0.2, 0) is 6.61 Å². The van der Waals surface area contributed by atoms with E-state index in [1.807, 2.05) is 36.4 Å². The monoisotopic (exact) mass is 554 g/mol. The van der Waals surface area contributed by atoms with Crippen molar-refractivity contribution in [2.75, 3.05) is 12.4 Å². The number of nitrogens with one attached hydrogen (secondary N) is 1. The minimum Gasteiger partial charge on any atom is -0.493 e. The van der Waals surface area contributed by atoms with E-state index in [0.717, 1.165) is 23.2 Å². The number of aliphatic imine (C=N–C) groups is 1. The number of anilines is 1. The number of hydrogen-bond donors (Lipinski definition) is 1. The van der Waals surface area contributed by atoms with Crippen LogP contribution in [0.3, 0.4) is 0 Å². The third kappa shape index (κ3) is 5.40. The first-order valence-electron chi connectivity index (χ1n) is 13.0. The standard InChI is InChI=1S/C33H28Cl2N2O2/c1-38-31-18-22(17-29(35)33(31)39-20-21-6-4-7-24(34)16-21)19-36-25-14-12-23(13-15-25)32-28-10-5-9-26(28)27-8-2-3-11-30(27)37-32/h2-9,11-19,26,28,32,37H,10,20H2,1H3/t26-,28+,32+/m1/s1. The number of rotatable bonds is 7. The number of methoxy groups -OCH3 is 1. The Kier molecular flexibility index (Phi) is 7.32. The maximum Gasteiger partial charge on any atom is 0.180 e. The average Bonchev–Trinajstić information content (AvgIpc) is 3.46. The van der Waals surface area contributed by atoms with Crippen molar-refractivity contribution >= 4 is 40.8 Å². The number of para-hydroxylation sites is 1.